The van der Waals surface area contributed by atoms with E-state index in [1.807, 2.05) is 43.3 Å². The lowest BCUT2D eigenvalue weighted by atomic mass is 9.85. The van der Waals surface area contributed by atoms with Gasteiger partial charge in [0.15, 0.2) is 0 Å². The lowest BCUT2D eigenvalue weighted by Crippen LogP contribution is -2.31. The van der Waals surface area contributed by atoms with Gasteiger partial charge in [-0.25, -0.2) is 0 Å². The molecule has 33 heavy (non-hydrogen) atoms. The third-order valence-electron chi connectivity index (χ3n) is 6.35. The van der Waals surface area contributed by atoms with Crippen LogP contribution in [0.5, 0.6) is 5.75 Å². The maximum atomic E-state index is 13.3. The largest absolute Gasteiger partial charge is 0.507 e. The first-order chi connectivity index (χ1) is 15.6. The van der Waals surface area contributed by atoms with Crippen LogP contribution in [0, 0.1) is 6.92 Å². The zero-order valence-corrected chi connectivity index (χ0v) is 20.6. The molecule has 1 aliphatic rings. The number of benzene rings is 2. The topological polar surface area (TPSA) is 66.8 Å². The molecule has 176 valence electrons. The monoisotopic (exact) mass is 449 g/mol. The average Bonchev–Trinajstić information content (AvgIpc) is 3.03. The van der Waals surface area contributed by atoms with Gasteiger partial charge in [0.05, 0.1) is 24.3 Å². The highest BCUT2D eigenvalue weighted by molar-refractivity contribution is 6.46. The van der Waals surface area contributed by atoms with Gasteiger partial charge in [-0.2, -0.15) is 0 Å². The number of methoxy groups -OCH3 is 1. The van der Waals surface area contributed by atoms with Gasteiger partial charge in [-0.05, 0) is 47.6 Å². The quantitative estimate of drug-likeness (QED) is 0.247. The number of rotatable bonds is 7. The van der Waals surface area contributed by atoms with Crippen molar-refractivity contribution in [2.24, 2.45) is 0 Å². The molecular weight excluding hydrogens is 414 g/mol. The molecule has 0 bridgehead atoms. The molecule has 2 aromatic rings. The van der Waals surface area contributed by atoms with Crippen molar-refractivity contribution in [3.05, 3.63) is 70.3 Å². The van der Waals surface area contributed by atoms with Gasteiger partial charge in [-0.1, -0.05) is 70.9 Å². The smallest absolute Gasteiger partial charge is 0.295 e. The molecule has 0 radical (unpaired) electrons. The predicted molar refractivity (Wildman–Crippen MR) is 131 cm³/mol. The number of hydrogen-bond donors (Lipinski definition) is 1. The number of ketones is 1. The molecule has 1 heterocycles. The fraction of sp³-hybridized carbons (Fsp3) is 0.429. The molecule has 1 atom stereocenters. The summed E-state index contributed by atoms with van der Waals surface area (Å²) >= 11 is 0. The van der Waals surface area contributed by atoms with Crippen molar-refractivity contribution in [2.45, 2.75) is 65.3 Å². The number of carbonyl (C=O) groups excluding carboxylic acids is 2. The Bertz CT molecular complexity index is 1080. The standard InChI is InChI=1S/C28H35NO4/c1-7-8-11-16-29-24(20-13-10-9-12-18(20)2)23(26(31)27(29)32)25(30)21-17-19(28(3,4)5)14-15-22(21)33-6/h9-10,12-15,17,24,30H,7-8,11,16H2,1-6H3/b25-23+. The fourth-order valence-electron chi connectivity index (χ4n) is 4.36. The molecule has 0 aromatic heterocycles. The second-order valence-electron chi connectivity index (χ2n) is 9.72. The number of nitrogens with zero attached hydrogens (tertiary/aromatic N) is 1. The number of carbonyl (C=O) groups is 2. The zero-order valence-electron chi connectivity index (χ0n) is 20.6. The van der Waals surface area contributed by atoms with Gasteiger partial charge in [-0.15, -0.1) is 0 Å². The Morgan fingerprint density at radius 1 is 1.09 bits per heavy atom. The highest BCUT2D eigenvalue weighted by Gasteiger charge is 2.46. The lowest BCUT2D eigenvalue weighted by molar-refractivity contribution is -0.139. The number of hydrogen-bond acceptors (Lipinski definition) is 4. The molecule has 3 rings (SSSR count). The Morgan fingerprint density at radius 2 is 1.79 bits per heavy atom. The van der Waals surface area contributed by atoms with Crippen LogP contribution >= 0.6 is 0 Å². The molecule has 0 aliphatic carbocycles. The third kappa shape index (κ3) is 4.82. The number of aliphatic hydroxyl groups excluding tert-OH is 1. The van der Waals surface area contributed by atoms with E-state index in [0.29, 0.717) is 17.9 Å². The highest BCUT2D eigenvalue weighted by Crippen LogP contribution is 2.42. The predicted octanol–water partition coefficient (Wildman–Crippen LogP) is 5.91. The van der Waals surface area contributed by atoms with E-state index in [9.17, 15) is 14.7 Å². The first-order valence-corrected chi connectivity index (χ1v) is 11.6. The normalized spacial score (nSPS) is 18.1. The van der Waals surface area contributed by atoms with E-state index < -0.39 is 17.7 Å². The van der Waals surface area contributed by atoms with Crippen LogP contribution in [0.1, 0.15) is 75.3 Å². The number of unbranched alkanes of at least 4 members (excludes halogenated alkanes) is 2. The van der Waals surface area contributed by atoms with E-state index in [-0.39, 0.29) is 16.7 Å². The summed E-state index contributed by atoms with van der Waals surface area (Å²) in [6.07, 6.45) is 2.77. The Labute approximate surface area is 197 Å². The van der Waals surface area contributed by atoms with Gasteiger partial charge in [0.2, 0.25) is 0 Å². The second-order valence-corrected chi connectivity index (χ2v) is 9.72. The minimum Gasteiger partial charge on any atom is -0.507 e. The van der Waals surface area contributed by atoms with Crippen molar-refractivity contribution in [1.29, 1.82) is 0 Å². The van der Waals surface area contributed by atoms with Crippen molar-refractivity contribution in [1.82, 2.24) is 4.90 Å². The summed E-state index contributed by atoms with van der Waals surface area (Å²) in [5.41, 5.74) is 3.19. The summed E-state index contributed by atoms with van der Waals surface area (Å²) in [5, 5.41) is 11.5. The Balaban J connectivity index is 2.24. The molecule has 5 nitrogen and oxygen atoms in total. The molecule has 1 saturated heterocycles. The van der Waals surface area contributed by atoms with E-state index in [0.717, 1.165) is 36.0 Å². The van der Waals surface area contributed by atoms with Crippen molar-refractivity contribution in [3.8, 4) is 5.75 Å². The summed E-state index contributed by atoms with van der Waals surface area (Å²) in [5.74, 6) is -0.948. The summed E-state index contributed by atoms with van der Waals surface area (Å²) in [7, 11) is 1.53. The molecular formula is C28H35NO4. The molecule has 1 aliphatic heterocycles. The van der Waals surface area contributed by atoms with E-state index >= 15 is 0 Å². The first-order valence-electron chi connectivity index (χ1n) is 11.6. The van der Waals surface area contributed by atoms with Gasteiger partial charge in [0.25, 0.3) is 11.7 Å². The minimum atomic E-state index is -0.652. The molecule has 1 fully saturated rings. The lowest BCUT2D eigenvalue weighted by Gasteiger charge is -2.27. The van der Waals surface area contributed by atoms with Crippen LogP contribution in [0.2, 0.25) is 0 Å². The summed E-state index contributed by atoms with van der Waals surface area (Å²) < 4.78 is 5.52. The Morgan fingerprint density at radius 3 is 2.39 bits per heavy atom. The van der Waals surface area contributed by atoms with Crippen molar-refractivity contribution in [3.63, 3.8) is 0 Å². The molecule has 5 heteroatoms. The van der Waals surface area contributed by atoms with Gasteiger partial charge < -0.3 is 14.7 Å². The fourth-order valence-corrected chi connectivity index (χ4v) is 4.36. The van der Waals surface area contributed by atoms with Crippen molar-refractivity contribution < 1.29 is 19.4 Å². The number of Topliss-reactive ketones (excluding diaryl/α,β-unsaturated/α-hetero) is 1. The first kappa shape index (κ1) is 24.6. The zero-order chi connectivity index (χ0) is 24.3. The van der Waals surface area contributed by atoms with Crippen LogP contribution in [0.3, 0.4) is 0 Å². The molecule has 1 unspecified atom stereocenters. The van der Waals surface area contributed by atoms with Crippen molar-refractivity contribution in [2.75, 3.05) is 13.7 Å². The van der Waals surface area contributed by atoms with Crippen LogP contribution in [0.4, 0.5) is 0 Å². The number of likely N-dealkylation sites (tertiary alicyclic amines) is 1. The molecule has 2 aromatic carbocycles. The summed E-state index contributed by atoms with van der Waals surface area (Å²) in [6.45, 7) is 10.8. The van der Waals surface area contributed by atoms with Gasteiger partial charge in [-0.3, -0.25) is 9.59 Å². The van der Waals surface area contributed by atoms with E-state index in [1.54, 1.807) is 11.0 Å². The van der Waals surface area contributed by atoms with Crippen LogP contribution in [0.25, 0.3) is 5.76 Å². The molecule has 1 N–H and O–H groups in total. The Kier molecular flexibility index (Phi) is 7.31. The minimum absolute atomic E-state index is 0.121. The number of aryl methyl sites for hydroxylation is 1. The third-order valence-corrected chi connectivity index (χ3v) is 6.35. The van der Waals surface area contributed by atoms with Crippen LogP contribution < -0.4 is 4.74 Å². The van der Waals surface area contributed by atoms with E-state index in [2.05, 4.69) is 27.7 Å². The van der Waals surface area contributed by atoms with Crippen LogP contribution in [-0.2, 0) is 15.0 Å². The van der Waals surface area contributed by atoms with Gasteiger partial charge >= 0.3 is 0 Å². The maximum absolute atomic E-state index is 13.3. The Hall–Kier alpha value is -3.08. The van der Waals surface area contributed by atoms with Gasteiger partial charge in [0.1, 0.15) is 11.5 Å². The number of aliphatic hydroxyl groups is 1. The highest BCUT2D eigenvalue weighted by atomic mass is 16.5. The van der Waals surface area contributed by atoms with E-state index in [1.165, 1.54) is 7.11 Å². The van der Waals surface area contributed by atoms with E-state index in [4.69, 9.17) is 4.74 Å². The molecule has 0 saturated carbocycles. The average molecular weight is 450 g/mol. The molecule has 0 spiro atoms. The SMILES string of the molecule is CCCCCN1C(=O)C(=O)/C(=C(/O)c2cc(C(C)(C)C)ccc2OC)C1c1ccccc1C. The van der Waals surface area contributed by atoms with Gasteiger partial charge in [0, 0.05) is 6.54 Å². The number of amides is 1. The maximum Gasteiger partial charge on any atom is 0.295 e. The number of ether oxygens (including phenoxy) is 1. The second kappa shape index (κ2) is 9.82. The summed E-state index contributed by atoms with van der Waals surface area (Å²) in [6, 6.07) is 12.7. The summed E-state index contributed by atoms with van der Waals surface area (Å²) in [4.78, 5) is 28.0. The molecule has 1 amide bonds. The van der Waals surface area contributed by atoms with Crippen molar-refractivity contribution >= 4 is 17.4 Å². The van der Waals surface area contributed by atoms with Crippen LogP contribution in [-0.4, -0.2) is 35.4 Å². The van der Waals surface area contributed by atoms with Crippen LogP contribution in [0.15, 0.2) is 48.0 Å².